The maximum atomic E-state index is 13.6. The molecule has 8 nitrogen and oxygen atoms in total. The number of fused-ring (bicyclic) bond motifs is 3. The van der Waals surface area contributed by atoms with Gasteiger partial charge in [-0.15, -0.1) is 0 Å². The molecule has 3 aromatic carbocycles. The normalized spacial score (nSPS) is 11.8. The first kappa shape index (κ1) is 23.7. The largest absolute Gasteiger partial charge is 0.468 e. The van der Waals surface area contributed by atoms with Gasteiger partial charge in [0.1, 0.15) is 12.1 Å². The number of rotatable bonds is 5. The van der Waals surface area contributed by atoms with E-state index in [0.717, 1.165) is 27.5 Å². The lowest BCUT2D eigenvalue weighted by molar-refractivity contribution is -0.141. The molecule has 0 unspecified atom stereocenters. The second kappa shape index (κ2) is 9.32. The zero-order chi connectivity index (χ0) is 26.4. The summed E-state index contributed by atoms with van der Waals surface area (Å²) >= 11 is 6.16. The number of esters is 1. The van der Waals surface area contributed by atoms with Crippen LogP contribution in [0.15, 0.2) is 87.1 Å². The molecule has 0 aliphatic carbocycles. The maximum absolute atomic E-state index is 13.6. The molecule has 0 aliphatic rings. The van der Waals surface area contributed by atoms with Gasteiger partial charge in [-0.25, -0.2) is 4.98 Å². The standard InChI is InChI=1S/C29H21ClN4O4/c1-17-22(20-7-4-6-10-24(20)33(17)16-27(35)37-2)15-31-34-28(32-23-9-5-3-8-21(23)29(34)36)26-14-18-13-19(30)11-12-25(18)38-26/h3-15H,16H2,1-2H3. The summed E-state index contributed by atoms with van der Waals surface area (Å²) in [5, 5.41) is 7.29. The second-order valence-electron chi connectivity index (χ2n) is 8.79. The molecule has 6 aromatic rings. The van der Waals surface area contributed by atoms with Crippen LogP contribution in [0.3, 0.4) is 0 Å². The van der Waals surface area contributed by atoms with Crippen LogP contribution in [0.2, 0.25) is 5.02 Å². The van der Waals surface area contributed by atoms with E-state index < -0.39 is 0 Å². The SMILES string of the molecule is COC(=O)Cn1c(C)c(C=Nn2c(-c3cc4cc(Cl)ccc4o3)nc3ccccc3c2=O)c2ccccc21. The fraction of sp³-hybridized carbons (Fsp3) is 0.103. The zero-order valence-electron chi connectivity index (χ0n) is 20.5. The van der Waals surface area contributed by atoms with Crippen molar-refractivity contribution < 1.29 is 13.9 Å². The lowest BCUT2D eigenvalue weighted by atomic mass is 10.1. The molecule has 188 valence electrons. The highest BCUT2D eigenvalue weighted by molar-refractivity contribution is 6.31. The molecule has 0 saturated heterocycles. The predicted octanol–water partition coefficient (Wildman–Crippen LogP) is 5.78. The molecule has 0 amide bonds. The zero-order valence-corrected chi connectivity index (χ0v) is 21.3. The first-order chi connectivity index (χ1) is 18.4. The van der Waals surface area contributed by atoms with Crippen molar-refractivity contribution in [2.45, 2.75) is 13.5 Å². The van der Waals surface area contributed by atoms with E-state index in [-0.39, 0.29) is 23.9 Å². The van der Waals surface area contributed by atoms with Crippen LogP contribution in [-0.2, 0) is 16.1 Å². The molecule has 0 atom stereocenters. The van der Waals surface area contributed by atoms with Crippen molar-refractivity contribution >= 4 is 56.6 Å². The van der Waals surface area contributed by atoms with Crippen molar-refractivity contribution in [3.8, 4) is 11.6 Å². The topological polar surface area (TPSA) is 91.6 Å². The van der Waals surface area contributed by atoms with Crippen LogP contribution < -0.4 is 5.56 Å². The van der Waals surface area contributed by atoms with Gasteiger partial charge in [0.15, 0.2) is 5.76 Å². The van der Waals surface area contributed by atoms with Gasteiger partial charge in [-0.3, -0.25) is 9.59 Å². The Labute approximate surface area is 221 Å². The summed E-state index contributed by atoms with van der Waals surface area (Å²) in [4.78, 5) is 30.4. The molecule has 0 aliphatic heterocycles. The van der Waals surface area contributed by atoms with Crippen LogP contribution in [0.1, 0.15) is 11.3 Å². The number of methoxy groups -OCH3 is 1. The lowest BCUT2D eigenvalue weighted by Gasteiger charge is -2.08. The minimum absolute atomic E-state index is 0.0565. The molecule has 0 radical (unpaired) electrons. The Morgan fingerprint density at radius 2 is 1.84 bits per heavy atom. The van der Waals surface area contributed by atoms with E-state index in [0.29, 0.717) is 27.3 Å². The van der Waals surface area contributed by atoms with Gasteiger partial charge in [0.25, 0.3) is 5.56 Å². The third-order valence-electron chi connectivity index (χ3n) is 6.55. The van der Waals surface area contributed by atoms with Crippen LogP contribution in [-0.4, -0.2) is 33.5 Å². The highest BCUT2D eigenvalue weighted by Crippen LogP contribution is 2.29. The molecule has 0 N–H and O–H groups in total. The van der Waals surface area contributed by atoms with Crippen molar-refractivity contribution in [1.29, 1.82) is 0 Å². The van der Waals surface area contributed by atoms with E-state index in [4.69, 9.17) is 25.7 Å². The summed E-state index contributed by atoms with van der Waals surface area (Å²) in [6.45, 7) is 1.95. The number of halogens is 1. The third kappa shape index (κ3) is 3.95. The highest BCUT2D eigenvalue weighted by atomic mass is 35.5. The van der Waals surface area contributed by atoms with Crippen molar-refractivity contribution in [1.82, 2.24) is 14.2 Å². The summed E-state index contributed by atoms with van der Waals surface area (Å²) in [5.74, 6) is 0.278. The molecular weight excluding hydrogens is 504 g/mol. The average Bonchev–Trinajstić information content (AvgIpc) is 3.46. The fourth-order valence-corrected chi connectivity index (χ4v) is 4.83. The molecule has 6 rings (SSSR count). The Morgan fingerprint density at radius 1 is 1.08 bits per heavy atom. The molecule has 38 heavy (non-hydrogen) atoms. The lowest BCUT2D eigenvalue weighted by Crippen LogP contribution is -2.20. The Bertz CT molecular complexity index is 1970. The summed E-state index contributed by atoms with van der Waals surface area (Å²) in [7, 11) is 1.36. The number of hydrogen-bond acceptors (Lipinski definition) is 6. The first-order valence-corrected chi connectivity index (χ1v) is 12.2. The van der Waals surface area contributed by atoms with Crippen molar-refractivity contribution in [3.63, 3.8) is 0 Å². The van der Waals surface area contributed by atoms with Gasteiger partial charge in [-0.1, -0.05) is 41.9 Å². The fourth-order valence-electron chi connectivity index (χ4n) is 4.65. The monoisotopic (exact) mass is 524 g/mol. The van der Waals surface area contributed by atoms with Gasteiger partial charge in [-0.05, 0) is 49.4 Å². The Morgan fingerprint density at radius 3 is 2.66 bits per heavy atom. The van der Waals surface area contributed by atoms with E-state index in [1.807, 2.05) is 41.8 Å². The molecule has 3 aromatic heterocycles. The summed E-state index contributed by atoms with van der Waals surface area (Å²) in [6.07, 6.45) is 1.62. The van der Waals surface area contributed by atoms with Crippen LogP contribution in [0.5, 0.6) is 0 Å². The molecule has 0 spiro atoms. The summed E-state index contributed by atoms with van der Waals surface area (Å²) in [5.41, 5.74) is 3.24. The van der Waals surface area contributed by atoms with Gasteiger partial charge in [0, 0.05) is 32.6 Å². The third-order valence-corrected chi connectivity index (χ3v) is 6.78. The van der Waals surface area contributed by atoms with E-state index in [9.17, 15) is 9.59 Å². The highest BCUT2D eigenvalue weighted by Gasteiger charge is 2.18. The molecule has 0 bridgehead atoms. The second-order valence-corrected chi connectivity index (χ2v) is 9.22. The Hall–Kier alpha value is -4.69. The number of aromatic nitrogens is 3. The minimum atomic E-state index is -0.362. The number of hydrogen-bond donors (Lipinski definition) is 0. The van der Waals surface area contributed by atoms with E-state index >= 15 is 0 Å². The van der Waals surface area contributed by atoms with Crippen LogP contribution in [0, 0.1) is 6.92 Å². The first-order valence-electron chi connectivity index (χ1n) is 11.8. The van der Waals surface area contributed by atoms with E-state index in [1.54, 1.807) is 48.7 Å². The van der Waals surface area contributed by atoms with Gasteiger partial charge in [0.05, 0.1) is 24.2 Å². The molecule has 9 heteroatoms. The minimum Gasteiger partial charge on any atom is -0.468 e. The van der Waals surface area contributed by atoms with Crippen molar-refractivity contribution in [2.24, 2.45) is 5.10 Å². The number of furan rings is 1. The quantitative estimate of drug-likeness (QED) is 0.210. The Balaban J connectivity index is 1.56. The molecule has 3 heterocycles. The van der Waals surface area contributed by atoms with Gasteiger partial charge >= 0.3 is 5.97 Å². The predicted molar refractivity (Wildman–Crippen MR) is 148 cm³/mol. The maximum Gasteiger partial charge on any atom is 0.325 e. The van der Waals surface area contributed by atoms with E-state index in [1.165, 1.54) is 11.8 Å². The smallest absolute Gasteiger partial charge is 0.325 e. The van der Waals surface area contributed by atoms with Crippen molar-refractivity contribution in [2.75, 3.05) is 7.11 Å². The number of ether oxygens (including phenoxy) is 1. The summed E-state index contributed by atoms with van der Waals surface area (Å²) in [6, 6.07) is 21.9. The van der Waals surface area contributed by atoms with Crippen LogP contribution in [0.4, 0.5) is 0 Å². The van der Waals surface area contributed by atoms with Crippen molar-refractivity contribution in [3.05, 3.63) is 99.4 Å². The Kier molecular flexibility index (Phi) is 5.81. The van der Waals surface area contributed by atoms with Gasteiger partial charge in [0.2, 0.25) is 5.82 Å². The number of benzene rings is 3. The number of carbonyl (C=O) groups excluding carboxylic acids is 1. The van der Waals surface area contributed by atoms with Crippen LogP contribution in [0.25, 0.3) is 44.4 Å². The summed E-state index contributed by atoms with van der Waals surface area (Å²) < 4.78 is 14.0. The molecule has 0 saturated carbocycles. The van der Waals surface area contributed by atoms with Crippen LogP contribution >= 0.6 is 11.6 Å². The van der Waals surface area contributed by atoms with E-state index in [2.05, 4.69) is 5.10 Å². The van der Waals surface area contributed by atoms with Gasteiger partial charge < -0.3 is 13.7 Å². The number of para-hydroxylation sites is 2. The average molecular weight is 525 g/mol. The number of nitrogens with zero attached hydrogens (tertiary/aromatic N) is 4. The van der Waals surface area contributed by atoms with Gasteiger partial charge in [-0.2, -0.15) is 9.78 Å². The molecule has 0 fully saturated rings. The molecular formula is C29H21ClN4O4. The number of carbonyl (C=O) groups is 1.